The molecule has 2 saturated heterocycles. The fraction of sp³-hybridized carbons (Fsp3) is 0.723. The first-order valence-electron chi connectivity index (χ1n) is 22.0. The number of rotatable bonds is 14. The molecular weight excluding hydrogens is 765 g/mol. The van der Waals surface area contributed by atoms with Crippen LogP contribution in [-0.2, 0) is 34.0 Å². The number of hydrogen-bond acceptors (Lipinski definition) is 8. The number of piperidine rings is 1. The molecule has 326 valence electrons. The molecule has 5 fully saturated rings. The Morgan fingerprint density at radius 1 is 0.898 bits per heavy atom. The third-order valence-corrected chi connectivity index (χ3v) is 17.2. The molecule has 7 atom stereocenters. The van der Waals surface area contributed by atoms with E-state index in [1.807, 2.05) is 41.5 Å². The third-order valence-electron chi connectivity index (χ3n) is 15.8. The second-order valence-corrected chi connectivity index (χ2v) is 23.3. The number of carbonyl (C=O) groups is 5. The van der Waals surface area contributed by atoms with Crippen LogP contribution in [0.2, 0.25) is 0 Å². The van der Waals surface area contributed by atoms with Gasteiger partial charge in [-0.1, -0.05) is 92.5 Å². The number of nitrogens with one attached hydrogen (secondary N) is 2. The smallest absolute Gasteiger partial charge is 0.264 e. The van der Waals surface area contributed by atoms with Crippen molar-refractivity contribution in [2.24, 2.45) is 44.3 Å². The fourth-order valence-electron chi connectivity index (χ4n) is 11.8. The molecule has 0 aromatic heterocycles. The average molecular weight is 835 g/mol. The zero-order chi connectivity index (χ0) is 43.7. The van der Waals surface area contributed by atoms with Gasteiger partial charge in [0.1, 0.15) is 0 Å². The van der Waals surface area contributed by atoms with Crippen LogP contribution in [0.3, 0.4) is 0 Å². The van der Waals surface area contributed by atoms with E-state index in [1.165, 1.54) is 12.1 Å². The molecule has 3 saturated carbocycles. The summed E-state index contributed by atoms with van der Waals surface area (Å²) in [4.78, 5) is 76.5. The van der Waals surface area contributed by atoms with Crippen molar-refractivity contribution >= 4 is 39.3 Å². The van der Waals surface area contributed by atoms with Gasteiger partial charge in [-0.25, -0.2) is 13.1 Å². The number of carbonyl (C=O) groups excluding carboxylic acids is 5. The molecular formula is C47H70N4O7S. The highest BCUT2D eigenvalue weighted by Gasteiger charge is 2.85. The quantitative estimate of drug-likeness (QED) is 0.193. The summed E-state index contributed by atoms with van der Waals surface area (Å²) in [5.41, 5.74) is -3.02. The van der Waals surface area contributed by atoms with Gasteiger partial charge in [0.25, 0.3) is 10.0 Å². The van der Waals surface area contributed by atoms with Gasteiger partial charge in [0.15, 0.2) is 11.6 Å². The summed E-state index contributed by atoms with van der Waals surface area (Å²) in [6, 6.07) is 5.84. The van der Waals surface area contributed by atoms with Crippen LogP contribution in [0.4, 0.5) is 0 Å². The number of amides is 3. The van der Waals surface area contributed by atoms with E-state index < -0.39 is 56.1 Å². The van der Waals surface area contributed by atoms with Crippen LogP contribution in [-0.4, -0.2) is 84.8 Å². The molecule has 2 aliphatic heterocycles. The lowest BCUT2D eigenvalue weighted by Gasteiger charge is -2.40. The summed E-state index contributed by atoms with van der Waals surface area (Å²) in [6.45, 7) is 25.4. The predicted octanol–water partition coefficient (Wildman–Crippen LogP) is 6.86. The van der Waals surface area contributed by atoms with Crippen molar-refractivity contribution in [1.82, 2.24) is 19.8 Å². The first-order chi connectivity index (χ1) is 27.3. The number of nitrogens with zero attached hydrogens (tertiary/aromatic N) is 2. The molecule has 2 spiro atoms. The van der Waals surface area contributed by atoms with Crippen molar-refractivity contribution in [2.75, 3.05) is 13.1 Å². The summed E-state index contributed by atoms with van der Waals surface area (Å²) in [7, 11) is -4.20. The summed E-state index contributed by atoms with van der Waals surface area (Å²) < 4.78 is 28.8. The molecule has 5 aliphatic rings. The molecule has 1 aromatic carbocycles. The van der Waals surface area contributed by atoms with E-state index in [0.717, 1.165) is 45.1 Å². The molecule has 0 radical (unpaired) electrons. The number of ketones is 2. The minimum atomic E-state index is -4.20. The minimum Gasteiger partial charge on any atom is -0.344 e. The van der Waals surface area contributed by atoms with Gasteiger partial charge < -0.3 is 10.2 Å². The molecule has 11 nitrogen and oxygen atoms in total. The summed E-state index contributed by atoms with van der Waals surface area (Å²) in [5.74, 6) is -2.86. The molecule has 0 unspecified atom stereocenters. The topological polar surface area (TPSA) is 150 Å². The fourth-order valence-corrected chi connectivity index (χ4v) is 12.9. The third kappa shape index (κ3) is 7.76. The van der Waals surface area contributed by atoms with Crippen LogP contribution in [0.1, 0.15) is 133 Å². The van der Waals surface area contributed by atoms with Crippen molar-refractivity contribution in [2.45, 2.75) is 163 Å². The second kappa shape index (κ2) is 15.5. The molecule has 1 aromatic rings. The van der Waals surface area contributed by atoms with Crippen LogP contribution >= 0.6 is 0 Å². The average Bonchev–Trinajstić information content (AvgIpc) is 3.86. The maximum atomic E-state index is 15.3. The van der Waals surface area contributed by atoms with Gasteiger partial charge in [-0.3, -0.25) is 28.9 Å². The molecule has 2 N–H and O–H groups in total. The van der Waals surface area contributed by atoms with Gasteiger partial charge in [-0.05, 0) is 98.6 Å². The second-order valence-electron chi connectivity index (χ2n) is 21.7. The Bertz CT molecular complexity index is 1960. The van der Waals surface area contributed by atoms with Crippen molar-refractivity contribution in [3.05, 3.63) is 43.0 Å². The SMILES string of the molecule is C=C[C@@H]1C[C@]1(CC(=O)[C@@H]1C[C@@]2(CN1C(=O)[C@@H](CC(=O)[C@@H](NC(=O)[C@@H]1CCCCN1C(C)C)C(C)(C)C)C(C)(C)C)C(C)(C)C21CCC1)C(=O)NS(=O)(=O)c1ccccc1. The first-order valence-corrected chi connectivity index (χ1v) is 23.5. The number of benzene rings is 1. The van der Waals surface area contributed by atoms with Crippen LogP contribution in [0, 0.1) is 44.3 Å². The summed E-state index contributed by atoms with van der Waals surface area (Å²) >= 11 is 0. The Labute approximate surface area is 353 Å². The van der Waals surface area contributed by atoms with Crippen LogP contribution in [0.15, 0.2) is 47.9 Å². The molecule has 3 amide bonds. The Kier molecular flexibility index (Phi) is 11.9. The van der Waals surface area contributed by atoms with Gasteiger partial charge in [0.05, 0.1) is 28.4 Å². The Hall–Kier alpha value is -3.38. The molecule has 3 aliphatic carbocycles. The van der Waals surface area contributed by atoms with Gasteiger partial charge in [-0.2, -0.15) is 0 Å². The summed E-state index contributed by atoms with van der Waals surface area (Å²) in [5, 5.41) is 3.14. The van der Waals surface area contributed by atoms with Gasteiger partial charge in [0, 0.05) is 36.8 Å². The van der Waals surface area contributed by atoms with E-state index in [0.29, 0.717) is 13.0 Å². The Morgan fingerprint density at radius 3 is 2.05 bits per heavy atom. The van der Waals surface area contributed by atoms with E-state index >= 15 is 4.79 Å². The van der Waals surface area contributed by atoms with Crippen LogP contribution < -0.4 is 10.0 Å². The van der Waals surface area contributed by atoms with Crippen molar-refractivity contribution < 1.29 is 32.4 Å². The maximum Gasteiger partial charge on any atom is 0.264 e. The van der Waals surface area contributed by atoms with Crippen LogP contribution in [0.5, 0.6) is 0 Å². The van der Waals surface area contributed by atoms with Gasteiger partial charge >= 0.3 is 0 Å². The minimum absolute atomic E-state index is 0.00721. The van der Waals surface area contributed by atoms with Crippen molar-refractivity contribution in [3.63, 3.8) is 0 Å². The molecule has 59 heavy (non-hydrogen) atoms. The van der Waals surface area contributed by atoms with Gasteiger partial charge in [-0.15, -0.1) is 6.58 Å². The monoisotopic (exact) mass is 834 g/mol. The normalized spacial score (nSPS) is 29.7. The lowest BCUT2D eigenvalue weighted by atomic mass is 9.73. The predicted molar refractivity (Wildman–Crippen MR) is 228 cm³/mol. The molecule has 0 bridgehead atoms. The lowest BCUT2D eigenvalue weighted by Crippen LogP contribution is -2.58. The van der Waals surface area contributed by atoms with Gasteiger partial charge in [0.2, 0.25) is 17.7 Å². The molecule has 2 heterocycles. The van der Waals surface area contributed by atoms with Crippen LogP contribution in [0.25, 0.3) is 0 Å². The van der Waals surface area contributed by atoms with E-state index in [1.54, 1.807) is 29.2 Å². The number of likely N-dealkylation sites (tertiary alicyclic amines) is 2. The number of allylic oxidation sites excluding steroid dienone is 1. The van der Waals surface area contributed by atoms with Crippen molar-refractivity contribution in [1.29, 1.82) is 0 Å². The Balaban J connectivity index is 1.28. The highest BCUT2D eigenvalue weighted by atomic mass is 32.2. The highest BCUT2D eigenvalue weighted by Crippen LogP contribution is 2.88. The zero-order valence-corrected chi connectivity index (χ0v) is 38.1. The van der Waals surface area contributed by atoms with E-state index in [9.17, 15) is 27.6 Å². The number of hydrogen-bond donors (Lipinski definition) is 2. The number of Topliss-reactive ketones (excluding diaryl/α,β-unsaturated/α-hetero) is 2. The lowest BCUT2D eigenvalue weighted by molar-refractivity contribution is -0.147. The zero-order valence-electron chi connectivity index (χ0n) is 37.3. The highest BCUT2D eigenvalue weighted by molar-refractivity contribution is 7.90. The molecule has 12 heteroatoms. The van der Waals surface area contributed by atoms with E-state index in [4.69, 9.17) is 0 Å². The largest absolute Gasteiger partial charge is 0.344 e. The van der Waals surface area contributed by atoms with E-state index in [2.05, 4.69) is 49.2 Å². The Morgan fingerprint density at radius 2 is 1.54 bits per heavy atom. The van der Waals surface area contributed by atoms with E-state index in [-0.39, 0.29) is 75.9 Å². The maximum absolute atomic E-state index is 15.3. The standard InChI is InChI=1S/C47H70N4O7S/c1-12-31-26-45(31,41(56)49-59(57,58)32-19-14-13-15-20-32)28-37(53)35-27-47(44(10,11)46(47)22-18-23-46)29-51(35)40(55)33(42(4,5)6)25-36(52)38(43(7,8)9)48-39(54)34-21-16-17-24-50(34)30(2)3/h12-15,19-20,30-31,33-35,38H,1,16-18,21-29H2,2-11H3,(H,48,54)(H,49,56)/t31-,33-,34+,35+,38-,45-,47-/m1/s1. The van der Waals surface area contributed by atoms with Crippen molar-refractivity contribution in [3.8, 4) is 0 Å². The number of sulfonamides is 1. The first kappa shape index (κ1) is 45.2. The summed E-state index contributed by atoms with van der Waals surface area (Å²) in [6.07, 6.45) is 7.83. The number of fused-ring (bicyclic) bond motifs is 1. The molecule has 6 rings (SSSR count).